The third-order valence-electron chi connectivity index (χ3n) is 1.99. The van der Waals surface area contributed by atoms with Gasteiger partial charge in [0, 0.05) is 29.9 Å². The van der Waals surface area contributed by atoms with Crippen molar-refractivity contribution in [3.63, 3.8) is 0 Å². The van der Waals surface area contributed by atoms with Crippen LogP contribution in [-0.4, -0.2) is 11.7 Å². The zero-order valence-corrected chi connectivity index (χ0v) is 11.4. The van der Waals surface area contributed by atoms with Gasteiger partial charge in [0.25, 0.3) is 0 Å². The zero-order chi connectivity index (χ0) is 14.3. The minimum atomic E-state index is 0. The third kappa shape index (κ3) is 11.4. The summed E-state index contributed by atoms with van der Waals surface area (Å²) in [4.78, 5) is 0. The van der Waals surface area contributed by atoms with Crippen LogP contribution >= 0.6 is 0 Å². The van der Waals surface area contributed by atoms with Crippen LogP contribution in [0.5, 0.6) is 0 Å². The van der Waals surface area contributed by atoms with E-state index < -0.39 is 0 Å². The molecule has 18 heavy (non-hydrogen) atoms. The molecule has 0 amide bonds. The van der Waals surface area contributed by atoms with Crippen molar-refractivity contribution in [1.29, 1.82) is 0 Å². The van der Waals surface area contributed by atoms with Crippen molar-refractivity contribution in [2.75, 3.05) is 6.61 Å². The standard InChI is InChI=1S/C10H14O.3CO.Cr/c1-8-5-3-4-6-10(8)9(2)7-11;3*1-2;/h3-6,9,11H,7H2,1-2H3;;;;. The van der Waals surface area contributed by atoms with Gasteiger partial charge >= 0.3 is 33.9 Å². The van der Waals surface area contributed by atoms with Gasteiger partial charge in [0.15, 0.2) is 0 Å². The smallest absolute Gasteiger partial charge is 0 e. The van der Waals surface area contributed by atoms with E-state index in [1.165, 1.54) is 11.1 Å². The Labute approximate surface area is 118 Å². The number of rotatable bonds is 2. The Morgan fingerprint density at radius 2 is 1.44 bits per heavy atom. The van der Waals surface area contributed by atoms with Gasteiger partial charge < -0.3 is 5.11 Å². The van der Waals surface area contributed by atoms with E-state index in [2.05, 4.69) is 39.0 Å². The maximum Gasteiger partial charge on any atom is 0 e. The molecule has 1 rings (SSSR count). The first-order valence-corrected chi connectivity index (χ1v) is 4.53. The molecule has 0 heterocycles. The summed E-state index contributed by atoms with van der Waals surface area (Å²) in [5.74, 6) is 0.260. The van der Waals surface area contributed by atoms with Gasteiger partial charge in [0.1, 0.15) is 0 Å². The first-order valence-electron chi connectivity index (χ1n) is 4.53. The number of aliphatic hydroxyl groups is 1. The van der Waals surface area contributed by atoms with Crippen LogP contribution in [-0.2, 0) is 31.3 Å². The second-order valence-corrected chi connectivity index (χ2v) is 2.94. The second-order valence-electron chi connectivity index (χ2n) is 2.94. The maximum atomic E-state index is 8.91. The van der Waals surface area contributed by atoms with Crippen molar-refractivity contribution in [3.8, 4) is 0 Å². The Kier molecular flexibility index (Phi) is 30.3. The molecule has 0 bridgehead atoms. The minimum absolute atomic E-state index is 0. The summed E-state index contributed by atoms with van der Waals surface area (Å²) in [6.45, 7) is 17.8. The molecule has 1 atom stereocenters. The zero-order valence-electron chi connectivity index (χ0n) is 10.2. The first kappa shape index (κ1) is 25.7. The number of aryl methyl sites for hydroxylation is 1. The van der Waals surface area contributed by atoms with Crippen molar-refractivity contribution in [2.45, 2.75) is 19.8 Å². The molecule has 0 radical (unpaired) electrons. The summed E-state index contributed by atoms with van der Waals surface area (Å²) in [5.41, 5.74) is 2.50. The molecule has 0 aliphatic rings. The Hall–Kier alpha value is -1.07. The molecule has 1 unspecified atom stereocenters. The van der Waals surface area contributed by atoms with E-state index in [1.807, 2.05) is 19.1 Å². The van der Waals surface area contributed by atoms with E-state index >= 15 is 0 Å². The monoisotopic (exact) mass is 286 g/mol. The average molecular weight is 286 g/mol. The van der Waals surface area contributed by atoms with Crippen molar-refractivity contribution in [3.05, 3.63) is 55.3 Å². The van der Waals surface area contributed by atoms with Crippen molar-refractivity contribution in [2.24, 2.45) is 0 Å². The Morgan fingerprint density at radius 3 is 1.78 bits per heavy atom. The fourth-order valence-corrected chi connectivity index (χ4v) is 1.24. The van der Waals surface area contributed by atoms with Crippen molar-refractivity contribution >= 4 is 0 Å². The van der Waals surface area contributed by atoms with Gasteiger partial charge in [0.05, 0.1) is 0 Å². The average Bonchev–Trinajstić information content (AvgIpc) is 2.45. The van der Waals surface area contributed by atoms with Crippen LogP contribution in [0.15, 0.2) is 24.3 Å². The van der Waals surface area contributed by atoms with Crippen LogP contribution in [0.3, 0.4) is 0 Å². The van der Waals surface area contributed by atoms with E-state index in [9.17, 15) is 0 Å². The molecule has 1 aromatic rings. The molecule has 1 N–H and O–H groups in total. The van der Waals surface area contributed by atoms with E-state index in [-0.39, 0.29) is 29.9 Å². The molecule has 96 valence electrons. The van der Waals surface area contributed by atoms with Gasteiger partial charge in [0.2, 0.25) is 0 Å². The summed E-state index contributed by atoms with van der Waals surface area (Å²) in [6, 6.07) is 8.16. The number of benzene rings is 1. The molecule has 0 aliphatic carbocycles. The van der Waals surface area contributed by atoms with E-state index in [0.717, 1.165) is 0 Å². The van der Waals surface area contributed by atoms with E-state index in [1.54, 1.807) is 0 Å². The van der Waals surface area contributed by atoms with Gasteiger partial charge in [-0.2, -0.15) is 0 Å². The fraction of sp³-hybridized carbons (Fsp3) is 0.308. The molecule has 0 spiro atoms. The molecule has 0 saturated carbocycles. The molecule has 0 aromatic heterocycles. The Balaban J connectivity index is -0.000000123. The van der Waals surface area contributed by atoms with Gasteiger partial charge in [-0.15, -0.1) is 0 Å². The molecular weight excluding hydrogens is 272 g/mol. The molecule has 4 nitrogen and oxygen atoms in total. The summed E-state index contributed by atoms with van der Waals surface area (Å²) in [5, 5.41) is 8.91. The third-order valence-corrected chi connectivity index (χ3v) is 1.99. The summed E-state index contributed by atoms with van der Waals surface area (Å²) < 4.78 is 22.5. The largest absolute Gasteiger partial charge is 0 e. The fourth-order valence-electron chi connectivity index (χ4n) is 1.24. The van der Waals surface area contributed by atoms with Crippen LogP contribution in [0.25, 0.3) is 0 Å². The Morgan fingerprint density at radius 1 is 1.06 bits per heavy atom. The molecule has 1 aromatic carbocycles. The normalized spacial score (nSPS) is 8.28. The molecule has 0 saturated heterocycles. The molecule has 0 aliphatic heterocycles. The van der Waals surface area contributed by atoms with Crippen molar-refractivity contribution < 1.29 is 36.4 Å². The quantitative estimate of drug-likeness (QED) is 0.654. The predicted molar refractivity (Wildman–Crippen MR) is 58.5 cm³/mol. The van der Waals surface area contributed by atoms with Gasteiger partial charge in [-0.05, 0) is 18.1 Å². The van der Waals surface area contributed by atoms with Crippen LogP contribution in [0.2, 0.25) is 0 Å². The van der Waals surface area contributed by atoms with Gasteiger partial charge in [-0.3, -0.25) is 0 Å². The number of aliphatic hydroxyl groups excluding tert-OH is 1. The van der Waals surface area contributed by atoms with Crippen LogP contribution in [0, 0.1) is 26.9 Å². The van der Waals surface area contributed by atoms with Gasteiger partial charge in [-0.25, -0.2) is 0 Å². The summed E-state index contributed by atoms with van der Waals surface area (Å²) >= 11 is 0. The van der Waals surface area contributed by atoms with Crippen LogP contribution in [0.1, 0.15) is 24.0 Å². The maximum absolute atomic E-state index is 8.91. The van der Waals surface area contributed by atoms with Crippen LogP contribution < -0.4 is 0 Å². The SMILES string of the molecule is Cc1ccccc1C(C)CO.[C-]#[O+].[C-]#[O+].[C-]#[O+].[Cr]. The molecular formula is C13H14CrO4. The minimum Gasteiger partial charge on any atom is 0 e. The van der Waals surface area contributed by atoms with Crippen molar-refractivity contribution in [1.82, 2.24) is 0 Å². The first-order chi connectivity index (χ1) is 8.25. The number of hydrogen-bond donors (Lipinski definition) is 1. The van der Waals surface area contributed by atoms with Crippen LogP contribution in [0.4, 0.5) is 0 Å². The molecule has 5 heteroatoms. The predicted octanol–water partition coefficient (Wildman–Crippen LogP) is 1.98. The van der Waals surface area contributed by atoms with Gasteiger partial charge in [-0.1, -0.05) is 31.2 Å². The molecule has 0 fully saturated rings. The second kappa shape index (κ2) is 21.2. The summed E-state index contributed by atoms with van der Waals surface area (Å²) in [6.07, 6.45) is 0. The van der Waals surface area contributed by atoms with E-state index in [4.69, 9.17) is 19.1 Å². The van der Waals surface area contributed by atoms with E-state index in [0.29, 0.717) is 0 Å². The number of hydrogen-bond acceptors (Lipinski definition) is 1. The topological polar surface area (TPSA) is 79.9 Å². The Bertz CT molecular complexity index is 330. The summed E-state index contributed by atoms with van der Waals surface area (Å²) in [7, 11) is 0.